The average molecular weight is 338 g/mol. The van der Waals surface area contributed by atoms with Crippen LogP contribution in [0.3, 0.4) is 0 Å². The number of anilines is 3. The van der Waals surface area contributed by atoms with E-state index >= 15 is 0 Å². The Kier molecular flexibility index (Phi) is 3.89. The van der Waals surface area contributed by atoms with Crippen molar-refractivity contribution in [3.05, 3.63) is 59.4 Å². The fourth-order valence-electron chi connectivity index (χ4n) is 2.92. The molecule has 1 aromatic heterocycles. The molecule has 0 bridgehead atoms. The molecule has 0 spiro atoms. The van der Waals surface area contributed by atoms with E-state index < -0.39 is 0 Å². The number of rotatable bonds is 4. The lowest BCUT2D eigenvalue weighted by Crippen LogP contribution is -2.19. The van der Waals surface area contributed by atoms with Crippen LogP contribution >= 0.6 is 0 Å². The van der Waals surface area contributed by atoms with Gasteiger partial charge in [-0.1, -0.05) is 6.08 Å². The molecule has 0 radical (unpaired) electrons. The minimum atomic E-state index is -0.0353. The monoisotopic (exact) mass is 338 g/mol. The van der Waals surface area contributed by atoms with Crippen LogP contribution in [0.1, 0.15) is 23.7 Å². The molecular weight excluding hydrogens is 320 g/mol. The lowest BCUT2D eigenvalue weighted by atomic mass is 9.95. The van der Waals surface area contributed by atoms with Gasteiger partial charge in [0.1, 0.15) is 24.7 Å². The molecule has 25 heavy (non-hydrogen) atoms. The quantitative estimate of drug-likeness (QED) is 0.583. The number of oxazole rings is 1. The van der Waals surface area contributed by atoms with Crippen LogP contribution in [-0.2, 0) is 9.47 Å². The van der Waals surface area contributed by atoms with Crippen molar-refractivity contribution in [2.75, 3.05) is 24.3 Å². The topological polar surface area (TPSA) is 106 Å². The Morgan fingerprint density at radius 3 is 3.04 bits per heavy atom. The normalized spacial score (nSPS) is 19.0. The number of hydrogen-bond acceptors (Lipinski definition) is 7. The third-order valence-corrected chi connectivity index (χ3v) is 4.16. The molecule has 128 valence electrons. The van der Waals surface area contributed by atoms with Crippen molar-refractivity contribution in [3.63, 3.8) is 0 Å². The van der Waals surface area contributed by atoms with Gasteiger partial charge in [0.2, 0.25) is 0 Å². The van der Waals surface area contributed by atoms with Crippen LogP contribution in [-0.4, -0.2) is 24.4 Å². The van der Waals surface area contributed by atoms with Gasteiger partial charge in [0.15, 0.2) is 5.76 Å². The Labute approximate surface area is 144 Å². The second-order valence-electron chi connectivity index (χ2n) is 5.80. The summed E-state index contributed by atoms with van der Waals surface area (Å²) in [6.07, 6.45) is 7.67. The van der Waals surface area contributed by atoms with Gasteiger partial charge in [-0.25, -0.2) is 4.98 Å². The lowest BCUT2D eigenvalue weighted by Gasteiger charge is -2.27. The van der Waals surface area contributed by atoms with E-state index in [4.69, 9.17) is 25.0 Å². The molecule has 1 atom stereocenters. The van der Waals surface area contributed by atoms with Crippen LogP contribution in [0, 0.1) is 5.41 Å². The molecule has 0 fully saturated rings. The summed E-state index contributed by atoms with van der Waals surface area (Å²) >= 11 is 0. The maximum absolute atomic E-state index is 7.38. The van der Waals surface area contributed by atoms with Gasteiger partial charge < -0.3 is 30.4 Å². The van der Waals surface area contributed by atoms with E-state index in [1.165, 1.54) is 6.21 Å². The molecule has 1 aromatic carbocycles. The summed E-state index contributed by atoms with van der Waals surface area (Å²) in [6, 6.07) is 5.70. The Balaban J connectivity index is 1.55. The average Bonchev–Trinajstić information content (AvgIpc) is 3.11. The van der Waals surface area contributed by atoms with Gasteiger partial charge in [0.05, 0.1) is 12.1 Å². The molecule has 7 heteroatoms. The Morgan fingerprint density at radius 2 is 2.16 bits per heavy atom. The van der Waals surface area contributed by atoms with E-state index in [-0.39, 0.29) is 5.92 Å². The predicted molar refractivity (Wildman–Crippen MR) is 94.0 cm³/mol. The first kappa shape index (κ1) is 15.3. The van der Waals surface area contributed by atoms with E-state index in [1.807, 2.05) is 18.2 Å². The molecule has 2 aromatic rings. The maximum atomic E-state index is 7.38. The number of allylic oxidation sites excluding steroid dienone is 3. The predicted octanol–water partition coefficient (Wildman–Crippen LogP) is 3.30. The molecule has 0 saturated carbocycles. The minimum Gasteiger partial charge on any atom is -0.490 e. The molecular formula is C18H18N4O3. The van der Waals surface area contributed by atoms with Crippen molar-refractivity contribution in [1.82, 2.24) is 4.98 Å². The highest BCUT2D eigenvalue weighted by atomic mass is 16.6. The Hall–Kier alpha value is -3.22. The molecule has 1 aliphatic heterocycles. The second kappa shape index (κ2) is 6.35. The van der Waals surface area contributed by atoms with Gasteiger partial charge in [0.25, 0.3) is 6.01 Å². The molecule has 0 amide bonds. The van der Waals surface area contributed by atoms with Crippen LogP contribution in [0.15, 0.2) is 52.5 Å². The van der Waals surface area contributed by atoms with Gasteiger partial charge >= 0.3 is 0 Å². The highest BCUT2D eigenvalue weighted by Gasteiger charge is 2.29. The summed E-state index contributed by atoms with van der Waals surface area (Å²) in [4.78, 5) is 4.29. The zero-order chi connectivity index (χ0) is 17.2. The number of benzene rings is 1. The fourth-order valence-corrected chi connectivity index (χ4v) is 2.92. The molecule has 4 rings (SSSR count). The maximum Gasteiger partial charge on any atom is 0.299 e. The second-order valence-corrected chi connectivity index (χ2v) is 5.80. The van der Waals surface area contributed by atoms with Crippen molar-refractivity contribution in [3.8, 4) is 0 Å². The number of aromatic nitrogens is 1. The van der Waals surface area contributed by atoms with E-state index in [0.29, 0.717) is 36.2 Å². The third-order valence-electron chi connectivity index (χ3n) is 4.16. The van der Waals surface area contributed by atoms with Crippen LogP contribution < -0.4 is 11.1 Å². The van der Waals surface area contributed by atoms with Crippen molar-refractivity contribution >= 4 is 23.6 Å². The van der Waals surface area contributed by atoms with E-state index in [0.717, 1.165) is 23.6 Å². The zero-order valence-electron chi connectivity index (χ0n) is 13.5. The summed E-state index contributed by atoms with van der Waals surface area (Å²) in [5.41, 5.74) is 7.74. The molecule has 2 heterocycles. The molecule has 0 saturated heterocycles. The molecule has 7 nitrogen and oxygen atoms in total. The smallest absolute Gasteiger partial charge is 0.299 e. The van der Waals surface area contributed by atoms with Gasteiger partial charge in [-0.05, 0) is 30.7 Å². The fraction of sp³-hybridized carbons (Fsp3) is 0.222. The molecule has 0 unspecified atom stereocenters. The van der Waals surface area contributed by atoms with Crippen LogP contribution in [0.25, 0.3) is 0 Å². The first-order valence-corrected chi connectivity index (χ1v) is 8.03. The third kappa shape index (κ3) is 2.96. The SMILES string of the molecule is N=Cc1cc(Nc2ncc([C@@H]3CC=CC4=C3OCCO4)o2)ccc1N. The van der Waals surface area contributed by atoms with E-state index in [1.54, 1.807) is 18.3 Å². The lowest BCUT2D eigenvalue weighted by molar-refractivity contribution is 0.0561. The first-order chi connectivity index (χ1) is 12.2. The molecule has 2 aliphatic rings. The summed E-state index contributed by atoms with van der Waals surface area (Å²) in [5.74, 6) is 2.25. The highest BCUT2D eigenvalue weighted by Crippen LogP contribution is 2.37. The number of nitrogens with one attached hydrogen (secondary N) is 2. The van der Waals surface area contributed by atoms with Gasteiger partial charge in [0, 0.05) is 23.2 Å². The Morgan fingerprint density at radius 1 is 1.28 bits per heavy atom. The van der Waals surface area contributed by atoms with E-state index in [2.05, 4.69) is 10.3 Å². The largest absolute Gasteiger partial charge is 0.490 e. The standard InChI is InChI=1S/C18H18N4O3/c19-9-11-8-12(4-5-14(11)20)22-18-21-10-16(25-18)13-2-1-3-15-17(13)24-7-6-23-15/h1,3-5,8-10,13,19H,2,6-7,20H2,(H,21,22)/t13-/m0/s1. The van der Waals surface area contributed by atoms with Gasteiger partial charge in [-0.2, -0.15) is 0 Å². The summed E-state index contributed by atoms with van der Waals surface area (Å²) < 4.78 is 17.3. The number of nitrogen functional groups attached to an aromatic ring is 1. The number of nitrogens with two attached hydrogens (primary N) is 1. The Bertz CT molecular complexity index is 869. The van der Waals surface area contributed by atoms with Crippen molar-refractivity contribution in [2.45, 2.75) is 12.3 Å². The van der Waals surface area contributed by atoms with Crippen LogP contribution in [0.5, 0.6) is 0 Å². The van der Waals surface area contributed by atoms with Crippen molar-refractivity contribution in [1.29, 1.82) is 5.41 Å². The summed E-state index contributed by atoms with van der Waals surface area (Å²) in [5, 5.41) is 10.5. The van der Waals surface area contributed by atoms with Gasteiger partial charge in [-0.3, -0.25) is 0 Å². The number of hydrogen-bond donors (Lipinski definition) is 3. The minimum absolute atomic E-state index is 0.0353. The molecule has 1 aliphatic carbocycles. The van der Waals surface area contributed by atoms with Crippen molar-refractivity contribution < 1.29 is 13.9 Å². The summed E-state index contributed by atoms with van der Waals surface area (Å²) in [6.45, 7) is 1.10. The number of nitrogens with zero attached hydrogens (tertiary/aromatic N) is 1. The highest BCUT2D eigenvalue weighted by molar-refractivity contribution is 5.86. The van der Waals surface area contributed by atoms with E-state index in [9.17, 15) is 0 Å². The first-order valence-electron chi connectivity index (χ1n) is 8.03. The van der Waals surface area contributed by atoms with Crippen molar-refractivity contribution in [2.24, 2.45) is 0 Å². The summed E-state index contributed by atoms with van der Waals surface area (Å²) in [7, 11) is 0. The zero-order valence-corrected chi connectivity index (χ0v) is 13.5. The van der Waals surface area contributed by atoms with Crippen LogP contribution in [0.2, 0.25) is 0 Å². The van der Waals surface area contributed by atoms with Gasteiger partial charge in [-0.15, -0.1) is 0 Å². The number of ether oxygens (including phenoxy) is 2. The van der Waals surface area contributed by atoms with Crippen LogP contribution in [0.4, 0.5) is 17.4 Å². The molecule has 4 N–H and O–H groups in total.